The number of carbonyl (C=O) groups is 1. The molecule has 0 bridgehead atoms. The van der Waals surface area contributed by atoms with Crippen LogP contribution in [0.15, 0.2) is 53.1 Å². The molecule has 7 heteroatoms. The van der Waals surface area contributed by atoms with Gasteiger partial charge < -0.3 is 9.73 Å². The van der Waals surface area contributed by atoms with E-state index in [1.54, 1.807) is 29.1 Å². The Kier molecular flexibility index (Phi) is 5.53. The number of rotatable bonds is 6. The molecule has 2 aromatic heterocycles. The first kappa shape index (κ1) is 18.4. The van der Waals surface area contributed by atoms with Crippen molar-refractivity contribution in [3.63, 3.8) is 0 Å². The van der Waals surface area contributed by atoms with Crippen molar-refractivity contribution in [3.05, 3.63) is 71.6 Å². The summed E-state index contributed by atoms with van der Waals surface area (Å²) in [5, 5.41) is 7.05. The highest BCUT2D eigenvalue weighted by Gasteiger charge is 2.16. The van der Waals surface area contributed by atoms with Gasteiger partial charge in [-0.3, -0.25) is 14.4 Å². The van der Waals surface area contributed by atoms with E-state index in [0.29, 0.717) is 12.4 Å². The SMILES string of the molecule is O=C(Nc1ccn(Cc2cccc(F)c2)n1)c1ccc(CN2CCCCC2)o1. The maximum atomic E-state index is 13.3. The van der Waals surface area contributed by atoms with Crippen LogP contribution in [0.5, 0.6) is 0 Å². The molecule has 6 nitrogen and oxygen atoms in total. The number of carbonyl (C=O) groups excluding carboxylic acids is 1. The van der Waals surface area contributed by atoms with E-state index in [2.05, 4.69) is 15.3 Å². The van der Waals surface area contributed by atoms with Crippen LogP contribution in [0, 0.1) is 5.82 Å². The summed E-state index contributed by atoms with van der Waals surface area (Å²) in [7, 11) is 0. The molecule has 1 N–H and O–H groups in total. The molecule has 0 spiro atoms. The molecule has 1 saturated heterocycles. The number of hydrogen-bond acceptors (Lipinski definition) is 4. The van der Waals surface area contributed by atoms with Gasteiger partial charge in [-0.1, -0.05) is 18.6 Å². The van der Waals surface area contributed by atoms with E-state index < -0.39 is 0 Å². The highest BCUT2D eigenvalue weighted by molar-refractivity contribution is 6.01. The second-order valence-electron chi connectivity index (χ2n) is 7.09. The van der Waals surface area contributed by atoms with Crippen molar-refractivity contribution in [1.82, 2.24) is 14.7 Å². The summed E-state index contributed by atoms with van der Waals surface area (Å²) in [4.78, 5) is 14.8. The van der Waals surface area contributed by atoms with Crippen molar-refractivity contribution in [2.45, 2.75) is 32.4 Å². The smallest absolute Gasteiger partial charge is 0.292 e. The van der Waals surface area contributed by atoms with Crippen molar-refractivity contribution in [1.29, 1.82) is 0 Å². The summed E-state index contributed by atoms with van der Waals surface area (Å²) in [6.45, 7) is 3.31. The molecule has 4 rings (SSSR count). The predicted octanol–water partition coefficient (Wildman–Crippen LogP) is 3.90. The maximum Gasteiger partial charge on any atom is 0.292 e. The van der Waals surface area contributed by atoms with Crippen LogP contribution in [0.4, 0.5) is 10.2 Å². The molecule has 1 fully saturated rings. The molecule has 1 aliphatic heterocycles. The molecule has 1 aromatic carbocycles. The Morgan fingerprint density at radius 1 is 1.11 bits per heavy atom. The second-order valence-corrected chi connectivity index (χ2v) is 7.09. The van der Waals surface area contributed by atoms with Crippen LogP contribution in [-0.2, 0) is 13.1 Å². The molecule has 0 atom stereocenters. The Hall–Kier alpha value is -2.93. The predicted molar refractivity (Wildman–Crippen MR) is 104 cm³/mol. The monoisotopic (exact) mass is 382 g/mol. The number of hydrogen-bond donors (Lipinski definition) is 1. The molecule has 3 heterocycles. The highest BCUT2D eigenvalue weighted by atomic mass is 19.1. The lowest BCUT2D eigenvalue weighted by molar-refractivity contribution is 0.0991. The number of halogens is 1. The number of anilines is 1. The molecule has 1 aliphatic rings. The van der Waals surface area contributed by atoms with Crippen molar-refractivity contribution >= 4 is 11.7 Å². The summed E-state index contributed by atoms with van der Waals surface area (Å²) in [5.74, 6) is 0.878. The van der Waals surface area contributed by atoms with Gasteiger partial charge in [0.1, 0.15) is 11.6 Å². The lowest BCUT2D eigenvalue weighted by Gasteiger charge is -2.25. The first-order chi connectivity index (χ1) is 13.7. The normalized spacial score (nSPS) is 14.9. The van der Waals surface area contributed by atoms with Crippen molar-refractivity contribution < 1.29 is 13.6 Å². The van der Waals surface area contributed by atoms with Crippen LogP contribution in [0.25, 0.3) is 0 Å². The fraction of sp³-hybridized carbons (Fsp3) is 0.333. The Balaban J connectivity index is 1.34. The van der Waals surface area contributed by atoms with E-state index in [-0.39, 0.29) is 17.5 Å². The van der Waals surface area contributed by atoms with Gasteiger partial charge in [0.15, 0.2) is 11.6 Å². The van der Waals surface area contributed by atoms with Crippen molar-refractivity contribution in [3.8, 4) is 0 Å². The van der Waals surface area contributed by atoms with Gasteiger partial charge in [0, 0.05) is 12.3 Å². The summed E-state index contributed by atoms with van der Waals surface area (Å²) >= 11 is 0. The largest absolute Gasteiger partial charge is 0.455 e. The third kappa shape index (κ3) is 4.67. The van der Waals surface area contributed by atoms with E-state index in [0.717, 1.165) is 31.0 Å². The zero-order valence-corrected chi connectivity index (χ0v) is 15.6. The zero-order valence-electron chi connectivity index (χ0n) is 15.6. The van der Waals surface area contributed by atoms with Gasteiger partial charge in [0.2, 0.25) is 0 Å². The zero-order chi connectivity index (χ0) is 19.3. The van der Waals surface area contributed by atoms with Crippen LogP contribution in [0.2, 0.25) is 0 Å². The Morgan fingerprint density at radius 2 is 1.96 bits per heavy atom. The highest BCUT2D eigenvalue weighted by Crippen LogP contribution is 2.16. The minimum atomic E-state index is -0.333. The minimum absolute atomic E-state index is 0.270. The number of amides is 1. The van der Waals surface area contributed by atoms with Gasteiger partial charge in [-0.25, -0.2) is 4.39 Å². The van der Waals surface area contributed by atoms with Gasteiger partial charge in [-0.2, -0.15) is 5.10 Å². The van der Waals surface area contributed by atoms with Gasteiger partial charge in [-0.05, 0) is 55.8 Å². The molecule has 1 amide bonds. The minimum Gasteiger partial charge on any atom is -0.455 e. The Labute approximate surface area is 162 Å². The Bertz CT molecular complexity index is 943. The van der Waals surface area contributed by atoms with E-state index in [4.69, 9.17) is 4.42 Å². The fourth-order valence-corrected chi connectivity index (χ4v) is 3.44. The second kappa shape index (κ2) is 8.39. The average Bonchev–Trinajstić information content (AvgIpc) is 3.32. The summed E-state index contributed by atoms with van der Waals surface area (Å²) in [6, 6.07) is 11.6. The standard InChI is InChI=1S/C21H23FN4O2/c22-17-6-4-5-16(13-17)14-26-12-9-20(24-26)23-21(27)19-8-7-18(28-19)15-25-10-2-1-3-11-25/h4-9,12-13H,1-3,10-11,14-15H2,(H,23,24,27). The number of nitrogens with one attached hydrogen (secondary N) is 1. The van der Waals surface area contributed by atoms with E-state index >= 15 is 0 Å². The molecule has 0 saturated carbocycles. The summed E-state index contributed by atoms with van der Waals surface area (Å²) in [6.07, 6.45) is 5.46. The van der Waals surface area contributed by atoms with Gasteiger partial charge in [0.05, 0.1) is 13.1 Å². The first-order valence-corrected chi connectivity index (χ1v) is 9.56. The molecule has 146 valence electrons. The summed E-state index contributed by atoms with van der Waals surface area (Å²) < 4.78 is 20.6. The van der Waals surface area contributed by atoms with Crippen LogP contribution in [0.1, 0.15) is 41.1 Å². The van der Waals surface area contributed by atoms with E-state index in [1.165, 1.54) is 31.4 Å². The van der Waals surface area contributed by atoms with E-state index in [1.807, 2.05) is 12.1 Å². The van der Waals surface area contributed by atoms with Gasteiger partial charge in [-0.15, -0.1) is 0 Å². The number of aromatic nitrogens is 2. The van der Waals surface area contributed by atoms with Crippen molar-refractivity contribution in [2.75, 3.05) is 18.4 Å². The number of likely N-dealkylation sites (tertiary alicyclic amines) is 1. The van der Waals surface area contributed by atoms with Crippen molar-refractivity contribution in [2.24, 2.45) is 0 Å². The molecular weight excluding hydrogens is 359 g/mol. The topological polar surface area (TPSA) is 63.3 Å². The van der Waals surface area contributed by atoms with Gasteiger partial charge >= 0.3 is 0 Å². The molecule has 28 heavy (non-hydrogen) atoms. The first-order valence-electron chi connectivity index (χ1n) is 9.56. The number of furan rings is 1. The molecule has 3 aromatic rings. The fourth-order valence-electron chi connectivity index (χ4n) is 3.44. The molecular formula is C21H23FN4O2. The Morgan fingerprint density at radius 3 is 2.79 bits per heavy atom. The maximum absolute atomic E-state index is 13.3. The van der Waals surface area contributed by atoms with Crippen LogP contribution < -0.4 is 5.32 Å². The summed E-state index contributed by atoms with van der Waals surface area (Å²) in [5.41, 5.74) is 0.800. The van der Waals surface area contributed by atoms with Crippen LogP contribution >= 0.6 is 0 Å². The third-order valence-corrected chi connectivity index (χ3v) is 4.83. The number of benzene rings is 1. The van der Waals surface area contributed by atoms with Crippen LogP contribution in [0.3, 0.4) is 0 Å². The molecule has 0 unspecified atom stereocenters. The van der Waals surface area contributed by atoms with E-state index in [9.17, 15) is 9.18 Å². The quantitative estimate of drug-likeness (QED) is 0.702. The van der Waals surface area contributed by atoms with Gasteiger partial charge in [0.25, 0.3) is 5.91 Å². The van der Waals surface area contributed by atoms with Crippen LogP contribution in [-0.4, -0.2) is 33.7 Å². The number of piperidine rings is 1. The third-order valence-electron chi connectivity index (χ3n) is 4.83. The molecule has 0 aliphatic carbocycles. The average molecular weight is 382 g/mol. The lowest BCUT2D eigenvalue weighted by atomic mass is 10.1. The number of nitrogens with zero attached hydrogens (tertiary/aromatic N) is 3. The lowest BCUT2D eigenvalue weighted by Crippen LogP contribution is -2.28. The molecule has 0 radical (unpaired) electrons.